The summed E-state index contributed by atoms with van der Waals surface area (Å²) in [6.45, 7) is -0.421. The topological polar surface area (TPSA) is 43.4 Å². The molecule has 0 spiro atoms. The van der Waals surface area contributed by atoms with Gasteiger partial charge in [-0.2, -0.15) is 0 Å². The number of hydrogen-bond donors (Lipinski definition) is 0. The maximum absolute atomic E-state index is 9.97. The van der Waals surface area contributed by atoms with Crippen LogP contribution in [0.2, 0.25) is 0 Å². The Morgan fingerprint density at radius 3 is 1.45 bits per heavy atom. The van der Waals surface area contributed by atoms with E-state index in [9.17, 15) is 9.59 Å². The summed E-state index contributed by atoms with van der Waals surface area (Å²) >= 11 is 8.24. The molecule has 0 atom stereocenters. The van der Waals surface area contributed by atoms with Gasteiger partial charge < -0.3 is 39.6 Å². The molecule has 0 aliphatic heterocycles. The number of carbonyl (C=O) groups excluding carboxylic acids is 2. The molecule has 0 aliphatic rings. The van der Waals surface area contributed by atoms with Gasteiger partial charge in [0.05, 0.1) is 13.2 Å². The van der Waals surface area contributed by atoms with Crippen LogP contribution >= 0.6 is 0 Å². The molecule has 0 aromatic carbocycles. The molecule has 0 fully saturated rings. The van der Waals surface area contributed by atoms with Crippen molar-refractivity contribution < 1.29 is 73.4 Å². The monoisotopic (exact) mass is 210 g/mol. The first-order chi connectivity index (χ1) is 4.13. The van der Waals surface area contributed by atoms with Crippen molar-refractivity contribution >= 4 is 35.5 Å². The minimum absolute atomic E-state index is 0. The average Bonchev–Trinajstić information content (AvgIpc) is 1.63. The summed E-state index contributed by atoms with van der Waals surface area (Å²) in [5.41, 5.74) is 0. The first-order valence-electron chi connectivity index (χ1n) is 2.10. The predicted octanol–water partition coefficient (Wildman–Crippen LogP) is -6.84. The van der Waals surface area contributed by atoms with Crippen LogP contribution in [0.3, 0.4) is 0 Å². The van der Waals surface area contributed by atoms with Gasteiger partial charge in [0.15, 0.2) is 0 Å². The van der Waals surface area contributed by atoms with Gasteiger partial charge in [-0.3, -0.25) is 0 Å². The van der Waals surface area contributed by atoms with Crippen molar-refractivity contribution in [3.05, 3.63) is 0 Å². The van der Waals surface area contributed by atoms with Crippen molar-refractivity contribution in [3.8, 4) is 0 Å². The van der Waals surface area contributed by atoms with Crippen molar-refractivity contribution in [1.29, 1.82) is 0 Å². The molecule has 3 nitrogen and oxygen atoms in total. The third-order valence-electron chi connectivity index (χ3n) is 0.440. The number of carbonyl (C=O) groups is 2. The zero-order valence-corrected chi connectivity index (χ0v) is 12.1. The van der Waals surface area contributed by atoms with Gasteiger partial charge in [-0.1, -0.05) is 0 Å². The van der Waals surface area contributed by atoms with E-state index < -0.39 is 10.2 Å². The molecular weight excluding hydrogens is 206 g/mol. The number of rotatable bonds is 4. The maximum Gasteiger partial charge on any atom is 1.00 e. The third kappa shape index (κ3) is 18.6. The molecule has 0 amide bonds. The molecule has 0 N–H and O–H groups in total. The molecule has 0 heterocycles. The van der Waals surface area contributed by atoms with E-state index in [-0.39, 0.29) is 72.3 Å². The summed E-state index contributed by atoms with van der Waals surface area (Å²) in [6, 6.07) is 0. The first kappa shape index (κ1) is 18.5. The largest absolute Gasteiger partial charge is 1.00 e. The van der Waals surface area contributed by atoms with Crippen LogP contribution in [0.25, 0.3) is 0 Å². The third-order valence-corrected chi connectivity index (χ3v) is 0.676. The Balaban J connectivity index is -0.000000320. The van der Waals surface area contributed by atoms with Crippen LogP contribution in [0.5, 0.6) is 0 Å². The second-order valence-electron chi connectivity index (χ2n) is 1.24. The van der Waals surface area contributed by atoms with E-state index in [0.717, 1.165) is 0 Å². The van der Waals surface area contributed by atoms with Gasteiger partial charge in [0.1, 0.15) is 0 Å². The summed E-state index contributed by atoms with van der Waals surface area (Å²) in [7, 11) is 0. The van der Waals surface area contributed by atoms with Gasteiger partial charge in [0.2, 0.25) is 0 Å². The second-order valence-corrected chi connectivity index (χ2v) is 2.15. The van der Waals surface area contributed by atoms with Crippen molar-refractivity contribution in [2.24, 2.45) is 0 Å². The van der Waals surface area contributed by atoms with Crippen LogP contribution in [-0.4, -0.2) is 23.4 Å². The zero-order chi connectivity index (χ0) is 7.28. The SMILES string of the molecule is O=C([S-])COCC(=O)[S-].[Na+].[Na+]. The molecule has 0 unspecified atom stereocenters. The van der Waals surface area contributed by atoms with Gasteiger partial charge in [-0.15, -0.1) is 0 Å². The predicted molar refractivity (Wildman–Crippen MR) is 35.6 cm³/mol. The van der Waals surface area contributed by atoms with Crippen molar-refractivity contribution in [2.45, 2.75) is 0 Å². The molecule has 0 aromatic rings. The van der Waals surface area contributed by atoms with Crippen LogP contribution < -0.4 is 59.1 Å². The quantitative estimate of drug-likeness (QED) is 0.341. The smallest absolute Gasteiger partial charge is 0.740 e. The van der Waals surface area contributed by atoms with Gasteiger partial charge in [0, 0.05) is 10.2 Å². The minimum Gasteiger partial charge on any atom is -0.740 e. The fourth-order valence-corrected chi connectivity index (χ4v) is 0.384. The average molecular weight is 210 g/mol. The Labute approximate surface area is 120 Å². The normalized spacial score (nSPS) is 7.27. The summed E-state index contributed by atoms with van der Waals surface area (Å²) < 4.78 is 4.45. The summed E-state index contributed by atoms with van der Waals surface area (Å²) in [4.78, 5) is 19.9. The summed E-state index contributed by atoms with van der Waals surface area (Å²) in [5, 5.41) is -1.04. The van der Waals surface area contributed by atoms with E-state index in [2.05, 4.69) is 30.0 Å². The Hall–Kier alpha value is 1.74. The Morgan fingerprint density at radius 1 is 1.00 bits per heavy atom. The van der Waals surface area contributed by atoms with E-state index in [1.807, 2.05) is 0 Å². The maximum atomic E-state index is 9.97. The molecule has 0 bridgehead atoms. The minimum atomic E-state index is -0.522. The van der Waals surface area contributed by atoms with Gasteiger partial charge in [-0.05, 0) is 0 Å². The molecule has 0 radical (unpaired) electrons. The zero-order valence-electron chi connectivity index (χ0n) is 6.46. The van der Waals surface area contributed by atoms with E-state index in [0.29, 0.717) is 0 Å². The van der Waals surface area contributed by atoms with Crippen LogP contribution in [0, 0.1) is 0 Å². The van der Waals surface area contributed by atoms with Crippen LogP contribution in [-0.2, 0) is 39.6 Å². The molecule has 0 saturated heterocycles. The number of hydrogen-bond acceptors (Lipinski definition) is 5. The van der Waals surface area contributed by atoms with Gasteiger partial charge >= 0.3 is 59.1 Å². The Bertz CT molecular complexity index is 117. The fraction of sp³-hybridized carbons (Fsp3) is 0.500. The van der Waals surface area contributed by atoms with E-state index >= 15 is 0 Å². The summed E-state index contributed by atoms with van der Waals surface area (Å²) in [6.07, 6.45) is 0. The molecule has 0 aliphatic carbocycles. The van der Waals surface area contributed by atoms with Crippen LogP contribution in [0.1, 0.15) is 0 Å². The number of ether oxygens (including phenoxy) is 1. The van der Waals surface area contributed by atoms with Crippen molar-refractivity contribution in [2.75, 3.05) is 13.2 Å². The Kier molecular flexibility index (Phi) is 19.8. The molecule has 0 rings (SSSR count). The molecule has 0 aromatic heterocycles. The standard InChI is InChI=1S/C4H6O3S2.2Na/c5-3(8)1-7-2-4(6)9;;/h1-2H2,(H,5,8)(H,6,9);;/q;2*+1/p-2. The molecule has 11 heavy (non-hydrogen) atoms. The van der Waals surface area contributed by atoms with E-state index in [4.69, 9.17) is 0 Å². The molecule has 7 heteroatoms. The van der Waals surface area contributed by atoms with Gasteiger partial charge in [0.25, 0.3) is 0 Å². The first-order valence-corrected chi connectivity index (χ1v) is 2.92. The molecule has 52 valence electrons. The van der Waals surface area contributed by atoms with Crippen LogP contribution in [0.4, 0.5) is 0 Å². The van der Waals surface area contributed by atoms with E-state index in [1.54, 1.807) is 0 Å². The Morgan fingerprint density at radius 2 is 1.27 bits per heavy atom. The molecular formula is C4H4Na2O3S2. The van der Waals surface area contributed by atoms with Crippen molar-refractivity contribution in [1.82, 2.24) is 0 Å². The summed E-state index contributed by atoms with van der Waals surface area (Å²) in [5.74, 6) is 0. The fourth-order valence-electron chi connectivity index (χ4n) is 0.218. The van der Waals surface area contributed by atoms with Crippen LogP contribution in [0.15, 0.2) is 0 Å². The molecule has 0 saturated carbocycles. The second kappa shape index (κ2) is 11.7. The van der Waals surface area contributed by atoms with Gasteiger partial charge in [-0.25, -0.2) is 0 Å². The van der Waals surface area contributed by atoms with E-state index in [1.165, 1.54) is 0 Å². The van der Waals surface area contributed by atoms with Crippen molar-refractivity contribution in [3.63, 3.8) is 0 Å².